The Morgan fingerprint density at radius 2 is 2.00 bits per heavy atom. The lowest BCUT2D eigenvalue weighted by atomic mass is 9.82. The number of para-hydroxylation sites is 1. The number of amides is 1. The fourth-order valence-corrected chi connectivity index (χ4v) is 2.80. The number of carbonyl (C=O) groups excluding carboxylic acids is 1. The number of fused-ring (bicyclic) bond motifs is 1. The van der Waals surface area contributed by atoms with E-state index in [2.05, 4.69) is 22.4 Å². The second kappa shape index (κ2) is 5.03. The first-order chi connectivity index (χ1) is 9.24. The predicted molar refractivity (Wildman–Crippen MR) is 75.8 cm³/mol. The molecule has 19 heavy (non-hydrogen) atoms. The number of benzene rings is 1. The second-order valence-corrected chi connectivity index (χ2v) is 5.56. The van der Waals surface area contributed by atoms with E-state index in [4.69, 9.17) is 0 Å². The van der Waals surface area contributed by atoms with E-state index in [0.717, 1.165) is 42.5 Å². The molecular formula is C15H19N3O. The van der Waals surface area contributed by atoms with Gasteiger partial charge in [-0.1, -0.05) is 19.1 Å². The van der Waals surface area contributed by atoms with Gasteiger partial charge in [0, 0.05) is 11.3 Å². The monoisotopic (exact) mass is 257 g/mol. The first-order valence-electron chi connectivity index (χ1n) is 6.98. The zero-order chi connectivity index (χ0) is 13.2. The highest BCUT2D eigenvalue weighted by Crippen LogP contribution is 2.29. The zero-order valence-electron chi connectivity index (χ0n) is 11.1. The van der Waals surface area contributed by atoms with E-state index in [0.29, 0.717) is 5.82 Å². The van der Waals surface area contributed by atoms with Crippen LogP contribution in [0.5, 0.6) is 0 Å². The highest BCUT2D eigenvalue weighted by molar-refractivity contribution is 6.00. The minimum absolute atomic E-state index is 0.115. The summed E-state index contributed by atoms with van der Waals surface area (Å²) in [5.74, 6) is 1.67. The number of rotatable bonds is 2. The smallest absolute Gasteiger partial charge is 0.228 e. The molecule has 100 valence electrons. The van der Waals surface area contributed by atoms with Crippen LogP contribution >= 0.6 is 0 Å². The summed E-state index contributed by atoms with van der Waals surface area (Å²) in [7, 11) is 0. The molecule has 1 amide bonds. The molecule has 0 radical (unpaired) electrons. The molecular weight excluding hydrogens is 238 g/mol. The largest absolute Gasteiger partial charge is 0.308 e. The van der Waals surface area contributed by atoms with Crippen LogP contribution < -0.4 is 5.32 Å². The first-order valence-corrected chi connectivity index (χ1v) is 6.98. The third-order valence-electron chi connectivity index (χ3n) is 4.10. The number of anilines is 1. The SMILES string of the molecule is CC1CCC(C(=O)Nc2n[nH]c3ccccc23)CC1. The fourth-order valence-electron chi connectivity index (χ4n) is 2.80. The predicted octanol–water partition coefficient (Wildman–Crippen LogP) is 3.33. The number of hydrogen-bond acceptors (Lipinski definition) is 2. The summed E-state index contributed by atoms with van der Waals surface area (Å²) in [6.07, 6.45) is 4.30. The number of hydrogen-bond donors (Lipinski definition) is 2. The van der Waals surface area contributed by atoms with E-state index in [1.807, 2.05) is 24.3 Å². The van der Waals surface area contributed by atoms with Crippen LogP contribution in [0.25, 0.3) is 10.9 Å². The van der Waals surface area contributed by atoms with Gasteiger partial charge in [-0.2, -0.15) is 5.10 Å². The molecule has 1 aliphatic rings. The van der Waals surface area contributed by atoms with Crippen molar-refractivity contribution in [3.63, 3.8) is 0 Å². The molecule has 0 saturated heterocycles. The van der Waals surface area contributed by atoms with Gasteiger partial charge in [-0.05, 0) is 43.7 Å². The summed E-state index contributed by atoms with van der Waals surface area (Å²) in [4.78, 5) is 12.3. The number of aromatic nitrogens is 2. The van der Waals surface area contributed by atoms with Crippen LogP contribution in [0.3, 0.4) is 0 Å². The summed E-state index contributed by atoms with van der Waals surface area (Å²) >= 11 is 0. The maximum atomic E-state index is 12.3. The number of H-pyrrole nitrogens is 1. The van der Waals surface area contributed by atoms with Gasteiger partial charge < -0.3 is 5.32 Å². The molecule has 1 saturated carbocycles. The summed E-state index contributed by atoms with van der Waals surface area (Å²) < 4.78 is 0. The third-order valence-corrected chi connectivity index (χ3v) is 4.10. The summed E-state index contributed by atoms with van der Waals surface area (Å²) in [6.45, 7) is 2.26. The van der Waals surface area contributed by atoms with E-state index < -0.39 is 0 Å². The maximum absolute atomic E-state index is 12.3. The van der Waals surface area contributed by atoms with Gasteiger partial charge in [0.1, 0.15) is 0 Å². The summed E-state index contributed by atoms with van der Waals surface area (Å²) in [5.41, 5.74) is 0.954. The van der Waals surface area contributed by atoms with Gasteiger partial charge in [-0.25, -0.2) is 0 Å². The molecule has 3 rings (SSSR count). The number of nitrogens with zero attached hydrogens (tertiary/aromatic N) is 1. The average molecular weight is 257 g/mol. The molecule has 2 aromatic rings. The highest BCUT2D eigenvalue weighted by Gasteiger charge is 2.25. The number of carbonyl (C=O) groups is 1. The molecule has 1 heterocycles. The van der Waals surface area contributed by atoms with Gasteiger partial charge in [0.2, 0.25) is 5.91 Å². The van der Waals surface area contributed by atoms with Gasteiger partial charge in [-0.15, -0.1) is 0 Å². The van der Waals surface area contributed by atoms with Crippen LogP contribution in [-0.4, -0.2) is 16.1 Å². The molecule has 1 aromatic carbocycles. The standard InChI is InChI=1S/C15H19N3O/c1-10-6-8-11(9-7-10)15(19)16-14-12-4-2-3-5-13(12)17-18-14/h2-5,10-11H,6-9H2,1H3,(H2,16,17,18,19). The Bertz CT molecular complexity index is 582. The maximum Gasteiger partial charge on any atom is 0.228 e. The molecule has 0 bridgehead atoms. The van der Waals surface area contributed by atoms with Crippen LogP contribution in [-0.2, 0) is 4.79 Å². The van der Waals surface area contributed by atoms with E-state index in [9.17, 15) is 4.79 Å². The fraction of sp³-hybridized carbons (Fsp3) is 0.467. The Balaban J connectivity index is 1.72. The second-order valence-electron chi connectivity index (χ2n) is 5.56. The molecule has 1 aromatic heterocycles. The zero-order valence-corrected chi connectivity index (χ0v) is 11.1. The number of nitrogens with one attached hydrogen (secondary N) is 2. The molecule has 4 heteroatoms. The van der Waals surface area contributed by atoms with Crippen molar-refractivity contribution in [2.45, 2.75) is 32.6 Å². The first kappa shape index (κ1) is 12.2. The summed E-state index contributed by atoms with van der Waals surface area (Å²) in [5, 5.41) is 11.1. The lowest BCUT2D eigenvalue weighted by Gasteiger charge is -2.24. The normalized spacial score (nSPS) is 23.4. The van der Waals surface area contributed by atoms with E-state index in [1.165, 1.54) is 0 Å². The Hall–Kier alpha value is -1.84. The third kappa shape index (κ3) is 2.48. The van der Waals surface area contributed by atoms with E-state index >= 15 is 0 Å². The Labute approximate surface area is 112 Å². The Morgan fingerprint density at radius 3 is 2.79 bits per heavy atom. The molecule has 1 fully saturated rings. The van der Waals surface area contributed by atoms with Gasteiger partial charge in [-0.3, -0.25) is 9.89 Å². The quantitative estimate of drug-likeness (QED) is 0.867. The Morgan fingerprint density at radius 1 is 1.26 bits per heavy atom. The van der Waals surface area contributed by atoms with Crippen LogP contribution in [0.4, 0.5) is 5.82 Å². The lowest BCUT2D eigenvalue weighted by molar-refractivity contribution is -0.121. The van der Waals surface area contributed by atoms with Crippen LogP contribution in [0.2, 0.25) is 0 Å². The van der Waals surface area contributed by atoms with E-state index in [1.54, 1.807) is 0 Å². The van der Waals surface area contributed by atoms with Gasteiger partial charge >= 0.3 is 0 Å². The molecule has 1 aliphatic carbocycles. The van der Waals surface area contributed by atoms with Crippen molar-refractivity contribution in [1.82, 2.24) is 10.2 Å². The van der Waals surface area contributed by atoms with Crippen molar-refractivity contribution in [2.75, 3.05) is 5.32 Å². The molecule has 4 nitrogen and oxygen atoms in total. The van der Waals surface area contributed by atoms with Gasteiger partial charge in [0.05, 0.1) is 5.52 Å². The van der Waals surface area contributed by atoms with Crippen LogP contribution in [0.15, 0.2) is 24.3 Å². The van der Waals surface area contributed by atoms with Crippen molar-refractivity contribution < 1.29 is 4.79 Å². The van der Waals surface area contributed by atoms with Crippen LogP contribution in [0, 0.1) is 11.8 Å². The number of aromatic amines is 1. The van der Waals surface area contributed by atoms with Crippen molar-refractivity contribution in [2.24, 2.45) is 11.8 Å². The molecule has 0 atom stereocenters. The van der Waals surface area contributed by atoms with Crippen molar-refractivity contribution in [1.29, 1.82) is 0 Å². The molecule has 2 N–H and O–H groups in total. The molecule has 0 spiro atoms. The van der Waals surface area contributed by atoms with Crippen LogP contribution in [0.1, 0.15) is 32.6 Å². The van der Waals surface area contributed by atoms with Crippen molar-refractivity contribution in [3.8, 4) is 0 Å². The Kier molecular flexibility index (Phi) is 3.23. The lowest BCUT2D eigenvalue weighted by Crippen LogP contribution is -2.26. The minimum atomic E-state index is 0.115. The molecule has 0 aliphatic heterocycles. The van der Waals surface area contributed by atoms with Crippen molar-refractivity contribution in [3.05, 3.63) is 24.3 Å². The minimum Gasteiger partial charge on any atom is -0.308 e. The van der Waals surface area contributed by atoms with Gasteiger partial charge in [0.25, 0.3) is 0 Å². The topological polar surface area (TPSA) is 57.8 Å². The van der Waals surface area contributed by atoms with Gasteiger partial charge in [0.15, 0.2) is 5.82 Å². The average Bonchev–Trinajstić information content (AvgIpc) is 2.83. The van der Waals surface area contributed by atoms with Crippen molar-refractivity contribution >= 4 is 22.6 Å². The summed E-state index contributed by atoms with van der Waals surface area (Å²) in [6, 6.07) is 7.84. The highest BCUT2D eigenvalue weighted by atomic mass is 16.1. The van der Waals surface area contributed by atoms with E-state index in [-0.39, 0.29) is 11.8 Å². The molecule has 0 unspecified atom stereocenters.